The maximum absolute atomic E-state index is 13.8. The number of oxime groups is 1. The van der Waals surface area contributed by atoms with Crippen LogP contribution in [0.2, 0.25) is 0 Å². The molecule has 0 heterocycles. The van der Waals surface area contributed by atoms with E-state index in [9.17, 15) is 17.2 Å². The van der Waals surface area contributed by atoms with Crippen LogP contribution in [-0.4, -0.2) is 25.6 Å². The second-order valence-corrected chi connectivity index (χ2v) is 6.70. The summed E-state index contributed by atoms with van der Waals surface area (Å²) in [5.41, 5.74) is 0.718. The minimum atomic E-state index is -3.61. The van der Waals surface area contributed by atoms with E-state index >= 15 is 0 Å². The monoisotopic (exact) mass is 356 g/mol. The van der Waals surface area contributed by atoms with E-state index in [1.807, 2.05) is 0 Å². The molecule has 0 aliphatic heterocycles. The normalized spacial score (nSPS) is 12.1. The highest BCUT2D eigenvalue weighted by Crippen LogP contribution is 2.33. The van der Waals surface area contributed by atoms with E-state index in [0.29, 0.717) is 11.6 Å². The molecule has 0 spiro atoms. The standard InChI is InChI=1S/C15H14F2N2O4S/c1-9(18-20)10-3-5-13(19-24(2,21)22)15(7-10)23-14-6-4-11(16)8-12(14)17/h3-8,19-20H,1-2H3/b18-9-. The molecule has 24 heavy (non-hydrogen) atoms. The third kappa shape index (κ3) is 4.42. The summed E-state index contributed by atoms with van der Waals surface area (Å²) in [6.45, 7) is 1.52. The maximum Gasteiger partial charge on any atom is 0.229 e. The average molecular weight is 356 g/mol. The first-order chi connectivity index (χ1) is 11.2. The molecular weight excluding hydrogens is 342 g/mol. The highest BCUT2D eigenvalue weighted by Gasteiger charge is 2.14. The van der Waals surface area contributed by atoms with Gasteiger partial charge in [-0.25, -0.2) is 17.2 Å². The number of halogens is 2. The molecule has 2 aromatic rings. The fourth-order valence-corrected chi connectivity index (χ4v) is 2.42. The molecule has 0 aromatic heterocycles. The fourth-order valence-electron chi connectivity index (χ4n) is 1.85. The van der Waals surface area contributed by atoms with Gasteiger partial charge in [0.1, 0.15) is 5.82 Å². The molecule has 128 valence electrons. The minimum absolute atomic E-state index is 0.0357. The van der Waals surface area contributed by atoms with E-state index in [0.717, 1.165) is 18.4 Å². The van der Waals surface area contributed by atoms with Crippen molar-refractivity contribution in [2.45, 2.75) is 6.92 Å². The zero-order valence-electron chi connectivity index (χ0n) is 12.7. The third-order valence-corrected chi connectivity index (χ3v) is 3.55. The van der Waals surface area contributed by atoms with Crippen molar-refractivity contribution < 1.29 is 27.1 Å². The molecule has 2 N–H and O–H groups in total. The van der Waals surface area contributed by atoms with E-state index in [1.54, 1.807) is 0 Å². The Bertz CT molecular complexity index is 898. The van der Waals surface area contributed by atoms with Gasteiger partial charge in [0.25, 0.3) is 0 Å². The van der Waals surface area contributed by atoms with E-state index in [2.05, 4.69) is 9.88 Å². The molecule has 0 bridgehead atoms. The summed E-state index contributed by atoms with van der Waals surface area (Å²) in [4.78, 5) is 0. The number of hydrogen-bond acceptors (Lipinski definition) is 5. The third-order valence-electron chi connectivity index (χ3n) is 2.96. The predicted molar refractivity (Wildman–Crippen MR) is 85.3 cm³/mol. The second-order valence-electron chi connectivity index (χ2n) is 4.95. The van der Waals surface area contributed by atoms with Crippen molar-refractivity contribution in [1.82, 2.24) is 0 Å². The van der Waals surface area contributed by atoms with Crippen LogP contribution in [0.4, 0.5) is 14.5 Å². The molecule has 6 nitrogen and oxygen atoms in total. The Kier molecular flexibility index (Phi) is 5.03. The molecule has 0 aliphatic rings. The number of anilines is 1. The number of hydrogen-bond donors (Lipinski definition) is 2. The molecule has 0 fully saturated rings. The average Bonchev–Trinajstić information content (AvgIpc) is 2.49. The molecule has 0 atom stereocenters. The van der Waals surface area contributed by atoms with Crippen molar-refractivity contribution >= 4 is 21.4 Å². The summed E-state index contributed by atoms with van der Waals surface area (Å²) in [7, 11) is -3.61. The Balaban J connectivity index is 2.50. The molecule has 2 rings (SSSR count). The van der Waals surface area contributed by atoms with E-state index in [4.69, 9.17) is 9.94 Å². The smallest absolute Gasteiger partial charge is 0.229 e. The molecule has 0 unspecified atom stereocenters. The van der Waals surface area contributed by atoms with Crippen LogP contribution in [0.1, 0.15) is 12.5 Å². The van der Waals surface area contributed by atoms with Crippen LogP contribution in [0.3, 0.4) is 0 Å². The highest BCUT2D eigenvalue weighted by molar-refractivity contribution is 7.92. The van der Waals surface area contributed by atoms with Gasteiger partial charge in [-0.2, -0.15) is 0 Å². The van der Waals surface area contributed by atoms with Gasteiger partial charge in [-0.15, -0.1) is 0 Å². The Morgan fingerprint density at radius 3 is 2.46 bits per heavy atom. The van der Waals surface area contributed by atoms with Crippen LogP contribution in [-0.2, 0) is 10.0 Å². The van der Waals surface area contributed by atoms with Crippen LogP contribution < -0.4 is 9.46 Å². The summed E-state index contributed by atoms with van der Waals surface area (Å²) in [5, 5.41) is 11.9. The van der Waals surface area contributed by atoms with Crippen molar-refractivity contribution in [2.75, 3.05) is 11.0 Å². The Hall–Kier alpha value is -2.68. The largest absolute Gasteiger partial charge is 0.452 e. The summed E-state index contributed by atoms with van der Waals surface area (Å²) >= 11 is 0. The summed E-state index contributed by atoms with van der Waals surface area (Å²) in [6, 6.07) is 6.97. The predicted octanol–water partition coefficient (Wildman–Crippen LogP) is 3.33. The molecule has 9 heteroatoms. The van der Waals surface area contributed by atoms with Crippen LogP contribution in [0, 0.1) is 11.6 Å². The lowest BCUT2D eigenvalue weighted by Gasteiger charge is -2.14. The van der Waals surface area contributed by atoms with E-state index in [1.165, 1.54) is 25.1 Å². The van der Waals surface area contributed by atoms with Gasteiger partial charge in [0.15, 0.2) is 17.3 Å². The summed E-state index contributed by atoms with van der Waals surface area (Å²) in [5.74, 6) is -2.04. The molecule has 2 aromatic carbocycles. The van der Waals surface area contributed by atoms with Crippen molar-refractivity contribution in [2.24, 2.45) is 5.16 Å². The Labute approximate surface area is 137 Å². The molecular formula is C15H14F2N2O4S. The van der Waals surface area contributed by atoms with Crippen molar-refractivity contribution in [3.05, 3.63) is 53.6 Å². The quantitative estimate of drug-likeness (QED) is 0.489. The second kappa shape index (κ2) is 6.83. The first-order valence-corrected chi connectivity index (χ1v) is 8.52. The number of ether oxygens (including phenoxy) is 1. The van der Waals surface area contributed by atoms with Crippen molar-refractivity contribution in [3.63, 3.8) is 0 Å². The van der Waals surface area contributed by atoms with Gasteiger partial charge in [0.05, 0.1) is 17.7 Å². The summed E-state index contributed by atoms with van der Waals surface area (Å²) in [6.07, 6.45) is 0.948. The molecule has 0 radical (unpaired) electrons. The lowest BCUT2D eigenvalue weighted by Crippen LogP contribution is -2.11. The first-order valence-electron chi connectivity index (χ1n) is 6.63. The fraction of sp³-hybridized carbons (Fsp3) is 0.133. The number of rotatable bonds is 5. The van der Waals surface area contributed by atoms with Gasteiger partial charge >= 0.3 is 0 Å². The van der Waals surface area contributed by atoms with Gasteiger partial charge in [0, 0.05) is 11.6 Å². The number of nitrogens with zero attached hydrogens (tertiary/aromatic N) is 1. The SMILES string of the molecule is C/C(=N/O)c1ccc(NS(C)(=O)=O)c(Oc2ccc(F)cc2F)c1. The van der Waals surface area contributed by atoms with E-state index in [-0.39, 0.29) is 22.9 Å². The van der Waals surface area contributed by atoms with E-state index < -0.39 is 21.7 Å². The summed E-state index contributed by atoms with van der Waals surface area (Å²) < 4.78 is 57.2. The highest BCUT2D eigenvalue weighted by atomic mass is 32.2. The van der Waals surface area contributed by atoms with Crippen LogP contribution in [0.5, 0.6) is 11.5 Å². The first kappa shape index (κ1) is 17.7. The minimum Gasteiger partial charge on any atom is -0.452 e. The van der Waals surface area contributed by atoms with Crippen LogP contribution in [0.25, 0.3) is 0 Å². The lowest BCUT2D eigenvalue weighted by molar-refractivity contribution is 0.319. The molecule has 0 aliphatic carbocycles. The zero-order chi connectivity index (χ0) is 17.9. The topological polar surface area (TPSA) is 88.0 Å². The van der Waals surface area contributed by atoms with Gasteiger partial charge in [-0.3, -0.25) is 4.72 Å². The zero-order valence-corrected chi connectivity index (χ0v) is 13.6. The van der Waals surface area contributed by atoms with Gasteiger partial charge in [-0.05, 0) is 31.2 Å². The van der Waals surface area contributed by atoms with Crippen molar-refractivity contribution in [1.29, 1.82) is 0 Å². The number of sulfonamides is 1. The number of benzene rings is 2. The number of nitrogens with one attached hydrogen (secondary N) is 1. The Morgan fingerprint density at radius 2 is 1.88 bits per heavy atom. The molecule has 0 amide bonds. The van der Waals surface area contributed by atoms with Gasteiger partial charge < -0.3 is 9.94 Å². The van der Waals surface area contributed by atoms with Gasteiger partial charge in [0.2, 0.25) is 10.0 Å². The molecule has 0 saturated heterocycles. The maximum atomic E-state index is 13.8. The van der Waals surface area contributed by atoms with Gasteiger partial charge in [-0.1, -0.05) is 11.2 Å². The lowest BCUT2D eigenvalue weighted by atomic mass is 10.1. The van der Waals surface area contributed by atoms with Crippen molar-refractivity contribution in [3.8, 4) is 11.5 Å². The Morgan fingerprint density at radius 1 is 1.17 bits per heavy atom. The van der Waals surface area contributed by atoms with Crippen LogP contribution >= 0.6 is 0 Å². The molecule has 0 saturated carbocycles. The van der Waals surface area contributed by atoms with Crippen LogP contribution in [0.15, 0.2) is 41.6 Å².